The van der Waals surface area contributed by atoms with E-state index in [2.05, 4.69) is 25.9 Å². The van der Waals surface area contributed by atoms with Crippen molar-refractivity contribution in [3.05, 3.63) is 66.4 Å². The van der Waals surface area contributed by atoms with Crippen molar-refractivity contribution in [2.24, 2.45) is 0 Å². The van der Waals surface area contributed by atoms with Crippen molar-refractivity contribution in [3.8, 4) is 0 Å². The fourth-order valence-electron chi connectivity index (χ4n) is 3.13. The van der Waals surface area contributed by atoms with Crippen LogP contribution in [0.3, 0.4) is 0 Å². The lowest BCUT2D eigenvalue weighted by molar-refractivity contribution is 0.447. The van der Waals surface area contributed by atoms with Gasteiger partial charge in [0, 0.05) is 30.4 Å². The van der Waals surface area contributed by atoms with Gasteiger partial charge in [-0.05, 0) is 49.7 Å². The first kappa shape index (κ1) is 17.4. The van der Waals surface area contributed by atoms with Gasteiger partial charge in [0.2, 0.25) is 0 Å². The molecule has 138 valence electrons. The van der Waals surface area contributed by atoms with Crippen LogP contribution in [-0.2, 0) is 0 Å². The van der Waals surface area contributed by atoms with Gasteiger partial charge in [0.05, 0.1) is 0 Å². The van der Waals surface area contributed by atoms with E-state index in [1.54, 1.807) is 24.4 Å². The van der Waals surface area contributed by atoms with E-state index in [0.29, 0.717) is 23.1 Å². The van der Waals surface area contributed by atoms with Crippen LogP contribution in [0.2, 0.25) is 0 Å². The van der Waals surface area contributed by atoms with Crippen molar-refractivity contribution in [2.45, 2.75) is 18.8 Å². The fraction of sp³-hybridized carbons (Fsp3) is 0.250. The highest BCUT2D eigenvalue weighted by atomic mass is 19.1. The number of pyridine rings is 1. The van der Waals surface area contributed by atoms with Crippen LogP contribution in [0.1, 0.15) is 24.6 Å². The molecule has 0 amide bonds. The molecule has 1 aromatic carbocycles. The van der Waals surface area contributed by atoms with Crippen molar-refractivity contribution in [1.82, 2.24) is 20.3 Å². The Morgan fingerprint density at radius 1 is 0.963 bits per heavy atom. The van der Waals surface area contributed by atoms with Crippen LogP contribution < -0.4 is 16.0 Å². The number of benzene rings is 1. The van der Waals surface area contributed by atoms with Gasteiger partial charge in [-0.1, -0.05) is 12.1 Å². The first-order chi connectivity index (χ1) is 13.3. The number of aromatic nitrogens is 3. The van der Waals surface area contributed by atoms with E-state index >= 15 is 0 Å². The second-order valence-electron chi connectivity index (χ2n) is 6.52. The number of hydrogen-bond donors (Lipinski definition) is 3. The van der Waals surface area contributed by atoms with Gasteiger partial charge in [-0.2, -0.15) is 0 Å². The zero-order chi connectivity index (χ0) is 18.5. The number of nitrogens with one attached hydrogen (secondary N) is 3. The highest BCUT2D eigenvalue weighted by molar-refractivity contribution is 5.62. The van der Waals surface area contributed by atoms with E-state index in [4.69, 9.17) is 4.98 Å². The Bertz CT molecular complexity index is 896. The molecule has 6 nitrogen and oxygen atoms in total. The zero-order valence-electron chi connectivity index (χ0n) is 14.8. The average Bonchev–Trinajstić information content (AvgIpc) is 2.69. The van der Waals surface area contributed by atoms with E-state index in [9.17, 15) is 4.39 Å². The molecule has 1 fully saturated rings. The fourth-order valence-corrected chi connectivity index (χ4v) is 3.13. The maximum Gasteiger partial charge on any atom is 0.137 e. The van der Waals surface area contributed by atoms with E-state index in [1.165, 1.54) is 12.1 Å². The summed E-state index contributed by atoms with van der Waals surface area (Å²) >= 11 is 0. The smallest absolute Gasteiger partial charge is 0.137 e. The molecule has 3 heterocycles. The lowest BCUT2D eigenvalue weighted by atomic mass is 9.99. The summed E-state index contributed by atoms with van der Waals surface area (Å²) in [6.45, 7) is 1.88. The molecule has 0 radical (unpaired) electrons. The Balaban J connectivity index is 1.65. The standard InChI is InChI=1S/C20H21FN6/c21-15-6-3-7-16(11-15)24-18-12-19(25-17-8-1-2-10-23-17)27-20(26-18)14-5-4-9-22-13-14/h1-3,6-8,10-12,14,22H,4-5,9,13H2,(H2,23,24,25,26,27). The molecule has 3 N–H and O–H groups in total. The van der Waals surface area contributed by atoms with E-state index in [0.717, 1.165) is 31.8 Å². The van der Waals surface area contributed by atoms with Crippen LogP contribution in [-0.4, -0.2) is 28.0 Å². The van der Waals surface area contributed by atoms with Gasteiger partial charge in [-0.3, -0.25) is 0 Å². The summed E-state index contributed by atoms with van der Waals surface area (Å²) in [5.74, 6) is 2.70. The molecule has 2 aromatic heterocycles. The maximum absolute atomic E-state index is 13.5. The SMILES string of the molecule is Fc1cccc(Nc2cc(Nc3ccccn3)nc(C3CCCNC3)n2)c1. The number of hydrogen-bond acceptors (Lipinski definition) is 6. The van der Waals surface area contributed by atoms with Crippen molar-refractivity contribution in [2.75, 3.05) is 23.7 Å². The van der Waals surface area contributed by atoms with Gasteiger partial charge in [0.1, 0.15) is 29.1 Å². The second-order valence-corrected chi connectivity index (χ2v) is 6.52. The largest absolute Gasteiger partial charge is 0.340 e. The monoisotopic (exact) mass is 364 g/mol. The van der Waals surface area contributed by atoms with Crippen LogP contribution in [0.15, 0.2) is 54.7 Å². The van der Waals surface area contributed by atoms with E-state index < -0.39 is 0 Å². The van der Waals surface area contributed by atoms with Gasteiger partial charge in [0.25, 0.3) is 0 Å². The van der Waals surface area contributed by atoms with Crippen LogP contribution in [0.5, 0.6) is 0 Å². The predicted octanol–water partition coefficient (Wildman–Crippen LogP) is 3.96. The number of rotatable bonds is 5. The van der Waals surface area contributed by atoms with Gasteiger partial charge in [-0.15, -0.1) is 0 Å². The Morgan fingerprint density at radius 3 is 2.59 bits per heavy atom. The summed E-state index contributed by atoms with van der Waals surface area (Å²) in [7, 11) is 0. The van der Waals surface area contributed by atoms with Crippen LogP contribution >= 0.6 is 0 Å². The summed E-state index contributed by atoms with van der Waals surface area (Å²) in [6, 6.07) is 13.8. The summed E-state index contributed by atoms with van der Waals surface area (Å²) in [5.41, 5.74) is 0.644. The molecule has 27 heavy (non-hydrogen) atoms. The quantitative estimate of drug-likeness (QED) is 0.636. The predicted molar refractivity (Wildman–Crippen MR) is 104 cm³/mol. The normalized spacial score (nSPS) is 16.7. The Morgan fingerprint density at radius 2 is 1.85 bits per heavy atom. The zero-order valence-corrected chi connectivity index (χ0v) is 14.8. The minimum atomic E-state index is -0.294. The summed E-state index contributed by atoms with van der Waals surface area (Å²) < 4.78 is 13.5. The van der Waals surface area contributed by atoms with Crippen molar-refractivity contribution < 1.29 is 4.39 Å². The maximum atomic E-state index is 13.5. The molecule has 1 saturated heterocycles. The Kier molecular flexibility index (Phi) is 5.20. The third kappa shape index (κ3) is 4.57. The minimum Gasteiger partial charge on any atom is -0.340 e. The van der Waals surface area contributed by atoms with Gasteiger partial charge in [0.15, 0.2) is 0 Å². The Hall–Kier alpha value is -3.06. The number of piperidine rings is 1. The molecule has 0 aliphatic carbocycles. The van der Waals surface area contributed by atoms with Crippen LogP contribution in [0, 0.1) is 5.82 Å². The molecule has 1 atom stereocenters. The molecule has 1 aliphatic heterocycles. The molecule has 3 aromatic rings. The minimum absolute atomic E-state index is 0.247. The summed E-state index contributed by atoms with van der Waals surface area (Å²) in [4.78, 5) is 13.7. The molecule has 7 heteroatoms. The third-order valence-corrected chi connectivity index (χ3v) is 4.42. The van der Waals surface area contributed by atoms with Crippen molar-refractivity contribution in [3.63, 3.8) is 0 Å². The van der Waals surface area contributed by atoms with Crippen molar-refractivity contribution >= 4 is 23.1 Å². The molecule has 4 rings (SSSR count). The molecular formula is C20H21FN6. The van der Waals surface area contributed by atoms with E-state index in [-0.39, 0.29) is 11.7 Å². The highest BCUT2D eigenvalue weighted by Gasteiger charge is 2.19. The van der Waals surface area contributed by atoms with Gasteiger partial charge >= 0.3 is 0 Å². The Labute approximate surface area is 157 Å². The molecule has 0 spiro atoms. The highest BCUT2D eigenvalue weighted by Crippen LogP contribution is 2.26. The number of anilines is 4. The first-order valence-electron chi connectivity index (χ1n) is 9.06. The molecular weight excluding hydrogens is 343 g/mol. The lowest BCUT2D eigenvalue weighted by Gasteiger charge is -2.22. The molecule has 0 saturated carbocycles. The summed E-state index contributed by atoms with van der Waals surface area (Å²) in [6.07, 6.45) is 3.86. The second kappa shape index (κ2) is 8.09. The lowest BCUT2D eigenvalue weighted by Crippen LogP contribution is -2.29. The molecule has 1 unspecified atom stereocenters. The topological polar surface area (TPSA) is 74.8 Å². The van der Waals surface area contributed by atoms with E-state index in [1.807, 2.05) is 18.2 Å². The summed E-state index contributed by atoms with van der Waals surface area (Å²) in [5, 5.41) is 9.80. The molecule has 0 bridgehead atoms. The third-order valence-electron chi connectivity index (χ3n) is 4.42. The average molecular weight is 364 g/mol. The number of halogens is 1. The van der Waals surface area contributed by atoms with Crippen molar-refractivity contribution in [1.29, 1.82) is 0 Å². The number of nitrogens with zero attached hydrogens (tertiary/aromatic N) is 3. The molecule has 1 aliphatic rings. The van der Waals surface area contributed by atoms with Crippen LogP contribution in [0.4, 0.5) is 27.5 Å². The first-order valence-corrected chi connectivity index (χ1v) is 9.06. The van der Waals surface area contributed by atoms with Gasteiger partial charge in [-0.25, -0.2) is 19.3 Å². The van der Waals surface area contributed by atoms with Gasteiger partial charge < -0.3 is 16.0 Å². The van der Waals surface area contributed by atoms with Crippen LogP contribution in [0.25, 0.3) is 0 Å².